The second-order valence-corrected chi connectivity index (χ2v) is 5.70. The molecular formula is C18H24O5. The Balaban J connectivity index is 1.57. The van der Waals surface area contributed by atoms with E-state index in [4.69, 9.17) is 14.2 Å². The Bertz CT molecular complexity index is 503. The Hall–Kier alpha value is -1.88. The van der Waals surface area contributed by atoms with Crippen LogP contribution in [0.1, 0.15) is 49.4 Å². The van der Waals surface area contributed by atoms with Crippen molar-refractivity contribution in [1.82, 2.24) is 0 Å². The molecule has 2 rings (SSSR count). The van der Waals surface area contributed by atoms with Gasteiger partial charge in [-0.05, 0) is 56.9 Å². The van der Waals surface area contributed by atoms with Gasteiger partial charge in [-0.15, -0.1) is 0 Å². The van der Waals surface area contributed by atoms with Crippen molar-refractivity contribution >= 4 is 11.8 Å². The Morgan fingerprint density at radius 1 is 1.22 bits per heavy atom. The fourth-order valence-electron chi connectivity index (χ4n) is 2.39. The van der Waals surface area contributed by atoms with Crippen LogP contribution in [0.15, 0.2) is 24.3 Å². The molecule has 5 nitrogen and oxygen atoms in total. The van der Waals surface area contributed by atoms with Gasteiger partial charge < -0.3 is 14.2 Å². The van der Waals surface area contributed by atoms with Crippen LogP contribution in [0.2, 0.25) is 0 Å². The maximum Gasteiger partial charge on any atom is 0.306 e. The SMILES string of the molecule is CC(=O)c1ccc(OCCCC(=O)OCC2CCCCO2)cc1. The number of benzene rings is 1. The van der Waals surface area contributed by atoms with Crippen LogP contribution in [0.4, 0.5) is 0 Å². The standard InChI is InChI=1S/C18H24O5/c1-14(19)15-7-9-16(10-8-15)21-12-4-6-18(20)23-13-17-5-2-3-11-22-17/h7-10,17H,2-6,11-13H2,1H3. The number of hydrogen-bond donors (Lipinski definition) is 0. The number of esters is 1. The summed E-state index contributed by atoms with van der Waals surface area (Å²) >= 11 is 0. The minimum atomic E-state index is -0.213. The van der Waals surface area contributed by atoms with Crippen LogP contribution in [-0.4, -0.2) is 37.7 Å². The predicted octanol–water partition coefficient (Wildman–Crippen LogP) is 3.16. The van der Waals surface area contributed by atoms with E-state index < -0.39 is 0 Å². The molecule has 1 atom stereocenters. The van der Waals surface area contributed by atoms with E-state index in [2.05, 4.69) is 0 Å². The zero-order chi connectivity index (χ0) is 16.5. The molecule has 1 aromatic rings. The van der Waals surface area contributed by atoms with Crippen molar-refractivity contribution in [1.29, 1.82) is 0 Å². The van der Waals surface area contributed by atoms with Gasteiger partial charge in [0.15, 0.2) is 5.78 Å². The van der Waals surface area contributed by atoms with Crippen LogP contribution >= 0.6 is 0 Å². The topological polar surface area (TPSA) is 61.8 Å². The molecule has 0 bridgehead atoms. The third kappa shape index (κ3) is 6.40. The van der Waals surface area contributed by atoms with Crippen molar-refractivity contribution in [3.05, 3.63) is 29.8 Å². The van der Waals surface area contributed by atoms with E-state index in [0.717, 1.165) is 25.9 Å². The van der Waals surface area contributed by atoms with Crippen LogP contribution in [0.3, 0.4) is 0 Å². The summed E-state index contributed by atoms with van der Waals surface area (Å²) in [5.41, 5.74) is 0.658. The molecule has 1 heterocycles. The number of Topliss-reactive ketones (excluding diaryl/α,β-unsaturated/α-hetero) is 1. The second-order valence-electron chi connectivity index (χ2n) is 5.70. The fraction of sp³-hybridized carbons (Fsp3) is 0.556. The van der Waals surface area contributed by atoms with Gasteiger partial charge in [0.25, 0.3) is 0 Å². The molecule has 0 spiro atoms. The van der Waals surface area contributed by atoms with Crippen LogP contribution in [-0.2, 0) is 14.3 Å². The van der Waals surface area contributed by atoms with E-state index >= 15 is 0 Å². The molecule has 126 valence electrons. The lowest BCUT2D eigenvalue weighted by Crippen LogP contribution is -2.26. The molecule has 1 saturated heterocycles. The summed E-state index contributed by atoms with van der Waals surface area (Å²) in [6.07, 6.45) is 4.18. The Kier molecular flexibility index (Phi) is 7.07. The Morgan fingerprint density at radius 2 is 2.00 bits per heavy atom. The summed E-state index contributed by atoms with van der Waals surface area (Å²) in [6, 6.07) is 6.98. The van der Waals surface area contributed by atoms with E-state index in [1.807, 2.05) is 0 Å². The average Bonchev–Trinajstić information content (AvgIpc) is 2.58. The molecule has 1 aliphatic rings. The second kappa shape index (κ2) is 9.30. The molecule has 1 aromatic carbocycles. The van der Waals surface area contributed by atoms with E-state index in [1.54, 1.807) is 24.3 Å². The first-order chi connectivity index (χ1) is 11.1. The first-order valence-electron chi connectivity index (χ1n) is 8.16. The molecule has 0 radical (unpaired) electrons. The van der Waals surface area contributed by atoms with Crippen molar-refractivity contribution in [2.75, 3.05) is 19.8 Å². The molecule has 23 heavy (non-hydrogen) atoms. The molecular weight excluding hydrogens is 296 g/mol. The van der Waals surface area contributed by atoms with Crippen LogP contribution in [0.5, 0.6) is 5.75 Å². The summed E-state index contributed by atoms with van der Waals surface area (Å²) in [6.45, 7) is 3.08. The summed E-state index contributed by atoms with van der Waals surface area (Å²) in [5, 5.41) is 0. The highest BCUT2D eigenvalue weighted by molar-refractivity contribution is 5.94. The molecule has 0 aliphatic carbocycles. The van der Waals surface area contributed by atoms with E-state index in [1.165, 1.54) is 6.92 Å². The van der Waals surface area contributed by atoms with Gasteiger partial charge in [0.1, 0.15) is 12.4 Å². The van der Waals surface area contributed by atoms with Gasteiger partial charge in [-0.3, -0.25) is 9.59 Å². The Morgan fingerprint density at radius 3 is 2.65 bits per heavy atom. The monoisotopic (exact) mass is 320 g/mol. The molecule has 0 aromatic heterocycles. The van der Waals surface area contributed by atoms with Gasteiger partial charge in [0.2, 0.25) is 0 Å². The van der Waals surface area contributed by atoms with Crippen molar-refractivity contribution < 1.29 is 23.8 Å². The van der Waals surface area contributed by atoms with Gasteiger partial charge >= 0.3 is 5.97 Å². The van der Waals surface area contributed by atoms with Gasteiger partial charge in [-0.2, -0.15) is 0 Å². The van der Waals surface area contributed by atoms with Gasteiger partial charge in [0.05, 0.1) is 12.7 Å². The predicted molar refractivity (Wildman–Crippen MR) is 85.7 cm³/mol. The van der Waals surface area contributed by atoms with E-state index in [9.17, 15) is 9.59 Å². The fourth-order valence-corrected chi connectivity index (χ4v) is 2.39. The lowest BCUT2D eigenvalue weighted by Gasteiger charge is -2.22. The zero-order valence-electron chi connectivity index (χ0n) is 13.6. The number of carbonyl (C=O) groups excluding carboxylic acids is 2. The van der Waals surface area contributed by atoms with E-state index in [0.29, 0.717) is 37.4 Å². The zero-order valence-corrected chi connectivity index (χ0v) is 13.6. The van der Waals surface area contributed by atoms with Gasteiger partial charge in [-0.25, -0.2) is 0 Å². The number of ether oxygens (including phenoxy) is 3. The molecule has 1 fully saturated rings. The maximum absolute atomic E-state index is 11.6. The number of ketones is 1. The van der Waals surface area contributed by atoms with Gasteiger partial charge in [0, 0.05) is 18.6 Å². The third-order valence-corrected chi connectivity index (χ3v) is 3.76. The Labute approximate surface area is 136 Å². The normalized spacial score (nSPS) is 17.5. The molecule has 1 aliphatic heterocycles. The maximum atomic E-state index is 11.6. The highest BCUT2D eigenvalue weighted by Crippen LogP contribution is 2.14. The van der Waals surface area contributed by atoms with Crippen molar-refractivity contribution in [3.63, 3.8) is 0 Å². The average molecular weight is 320 g/mol. The number of hydrogen-bond acceptors (Lipinski definition) is 5. The first-order valence-corrected chi connectivity index (χ1v) is 8.16. The first kappa shape index (κ1) is 17.5. The summed E-state index contributed by atoms with van der Waals surface area (Å²) in [4.78, 5) is 22.8. The van der Waals surface area contributed by atoms with E-state index in [-0.39, 0.29) is 17.9 Å². The largest absolute Gasteiger partial charge is 0.494 e. The van der Waals surface area contributed by atoms with Gasteiger partial charge in [-0.1, -0.05) is 0 Å². The summed E-state index contributed by atoms with van der Waals surface area (Å²) in [5.74, 6) is 0.509. The number of carbonyl (C=O) groups is 2. The van der Waals surface area contributed by atoms with Crippen molar-refractivity contribution in [2.24, 2.45) is 0 Å². The molecule has 0 N–H and O–H groups in total. The van der Waals surface area contributed by atoms with Crippen molar-refractivity contribution in [2.45, 2.75) is 45.1 Å². The molecule has 5 heteroatoms. The molecule has 0 saturated carbocycles. The highest BCUT2D eigenvalue weighted by Gasteiger charge is 2.15. The summed E-state index contributed by atoms with van der Waals surface area (Å²) in [7, 11) is 0. The molecule has 1 unspecified atom stereocenters. The quantitative estimate of drug-likeness (QED) is 0.418. The van der Waals surface area contributed by atoms with Crippen molar-refractivity contribution in [3.8, 4) is 5.75 Å². The summed E-state index contributed by atoms with van der Waals surface area (Å²) < 4.78 is 16.3. The van der Waals surface area contributed by atoms with Crippen LogP contribution in [0.25, 0.3) is 0 Å². The highest BCUT2D eigenvalue weighted by atomic mass is 16.6. The minimum Gasteiger partial charge on any atom is -0.494 e. The van der Waals surface area contributed by atoms with Crippen LogP contribution in [0, 0.1) is 0 Å². The lowest BCUT2D eigenvalue weighted by atomic mass is 10.1. The number of rotatable bonds is 8. The minimum absolute atomic E-state index is 0.0289. The third-order valence-electron chi connectivity index (χ3n) is 3.76. The smallest absolute Gasteiger partial charge is 0.306 e. The van der Waals surface area contributed by atoms with Crippen LogP contribution < -0.4 is 4.74 Å². The lowest BCUT2D eigenvalue weighted by molar-refractivity contribution is -0.149. The molecule has 0 amide bonds.